The molecule has 0 aliphatic rings. The maximum atomic E-state index is 12.0. The summed E-state index contributed by atoms with van der Waals surface area (Å²) >= 11 is 11.9. The van der Waals surface area contributed by atoms with Crippen LogP contribution in [0.15, 0.2) is 42.7 Å². The van der Waals surface area contributed by atoms with Crippen LogP contribution in [0.1, 0.15) is 24.5 Å². The third-order valence-electron chi connectivity index (χ3n) is 3.32. The fraction of sp³-hybridized carbons (Fsp3) is 0.294. The molecule has 116 valence electrons. The molecule has 0 spiro atoms. The minimum Gasteiger partial charge on any atom is -0.346 e. The van der Waals surface area contributed by atoms with E-state index in [-0.39, 0.29) is 12.5 Å². The van der Waals surface area contributed by atoms with E-state index in [0.717, 1.165) is 18.4 Å². The zero-order valence-corrected chi connectivity index (χ0v) is 14.0. The Morgan fingerprint density at radius 2 is 1.91 bits per heavy atom. The minimum atomic E-state index is -0.0562. The molecule has 0 unspecified atom stereocenters. The molecule has 0 aliphatic carbocycles. The van der Waals surface area contributed by atoms with Gasteiger partial charge in [0.15, 0.2) is 12.4 Å². The topological polar surface area (TPSA) is 33.0 Å². The number of aromatic nitrogens is 1. The van der Waals surface area contributed by atoms with E-state index in [1.165, 1.54) is 5.56 Å². The first kappa shape index (κ1) is 16.8. The maximum absolute atomic E-state index is 12.0. The molecule has 0 saturated heterocycles. The minimum absolute atomic E-state index is 0.0562. The summed E-state index contributed by atoms with van der Waals surface area (Å²) in [6.07, 6.45) is 6.04. The Labute approximate surface area is 140 Å². The second-order valence-electron chi connectivity index (χ2n) is 5.14. The lowest BCUT2D eigenvalue weighted by molar-refractivity contribution is -0.684. The highest BCUT2D eigenvalue weighted by Crippen LogP contribution is 2.20. The summed E-state index contributed by atoms with van der Waals surface area (Å²) in [5, 5.41) is 4.01. The molecule has 0 atom stereocenters. The van der Waals surface area contributed by atoms with Crippen molar-refractivity contribution in [3.05, 3.63) is 63.9 Å². The largest absolute Gasteiger partial charge is 0.346 e. The van der Waals surface area contributed by atoms with E-state index in [2.05, 4.69) is 12.2 Å². The summed E-state index contributed by atoms with van der Waals surface area (Å²) in [4.78, 5) is 12.0. The van der Waals surface area contributed by atoms with Crippen molar-refractivity contribution in [2.75, 3.05) is 0 Å². The van der Waals surface area contributed by atoms with Crippen LogP contribution in [0.3, 0.4) is 0 Å². The van der Waals surface area contributed by atoms with Crippen LogP contribution in [-0.2, 0) is 24.3 Å². The Bertz CT molecular complexity index is 642. The van der Waals surface area contributed by atoms with E-state index in [9.17, 15) is 4.79 Å². The number of carbonyl (C=O) groups is 1. The highest BCUT2D eigenvalue weighted by atomic mass is 35.5. The third-order valence-corrected chi connectivity index (χ3v) is 3.90. The van der Waals surface area contributed by atoms with Crippen LogP contribution < -0.4 is 9.88 Å². The van der Waals surface area contributed by atoms with Crippen molar-refractivity contribution < 1.29 is 9.36 Å². The summed E-state index contributed by atoms with van der Waals surface area (Å²) in [5.74, 6) is -0.0562. The van der Waals surface area contributed by atoms with Gasteiger partial charge in [-0.1, -0.05) is 42.6 Å². The molecule has 5 heteroatoms. The lowest BCUT2D eigenvalue weighted by Gasteiger charge is -2.06. The Hall–Kier alpha value is -1.58. The molecule has 0 radical (unpaired) electrons. The van der Waals surface area contributed by atoms with E-state index >= 15 is 0 Å². The Morgan fingerprint density at radius 1 is 1.18 bits per heavy atom. The van der Waals surface area contributed by atoms with E-state index < -0.39 is 0 Å². The van der Waals surface area contributed by atoms with Crippen LogP contribution in [0.5, 0.6) is 0 Å². The van der Waals surface area contributed by atoms with Crippen molar-refractivity contribution in [2.24, 2.45) is 0 Å². The zero-order chi connectivity index (χ0) is 15.9. The molecule has 0 aliphatic heterocycles. The number of nitrogens with one attached hydrogen (secondary N) is 1. The average Bonchev–Trinajstić information content (AvgIpc) is 2.49. The SMILES string of the molecule is CCCc1cc[n+](CC(=O)NCc2ccc(Cl)cc2Cl)cc1. The molecule has 3 nitrogen and oxygen atoms in total. The van der Waals surface area contributed by atoms with Crippen LogP contribution in [0.4, 0.5) is 0 Å². The number of amides is 1. The molecule has 0 bridgehead atoms. The van der Waals surface area contributed by atoms with Gasteiger partial charge in [-0.3, -0.25) is 4.79 Å². The van der Waals surface area contributed by atoms with Crippen molar-refractivity contribution in [2.45, 2.75) is 32.9 Å². The molecule has 1 N–H and O–H groups in total. The Kier molecular flexibility index (Phi) is 6.22. The second-order valence-corrected chi connectivity index (χ2v) is 5.98. The van der Waals surface area contributed by atoms with Gasteiger partial charge in [0.25, 0.3) is 5.91 Å². The van der Waals surface area contributed by atoms with Gasteiger partial charge in [0.05, 0.1) is 0 Å². The number of benzene rings is 1. The van der Waals surface area contributed by atoms with Gasteiger partial charge in [-0.2, -0.15) is 4.57 Å². The number of rotatable bonds is 6. The van der Waals surface area contributed by atoms with E-state index in [1.807, 2.05) is 35.2 Å². The van der Waals surface area contributed by atoms with Crippen molar-refractivity contribution in [3.63, 3.8) is 0 Å². The molecular weight excluding hydrogens is 319 g/mol. The van der Waals surface area contributed by atoms with Crippen molar-refractivity contribution in [3.8, 4) is 0 Å². The smallest absolute Gasteiger partial charge is 0.286 e. The third kappa shape index (κ3) is 5.00. The van der Waals surface area contributed by atoms with E-state index in [1.54, 1.807) is 12.1 Å². The lowest BCUT2D eigenvalue weighted by Crippen LogP contribution is -2.42. The van der Waals surface area contributed by atoms with E-state index in [4.69, 9.17) is 23.2 Å². The quantitative estimate of drug-likeness (QED) is 0.803. The summed E-state index contributed by atoms with van der Waals surface area (Å²) in [5.41, 5.74) is 2.13. The molecule has 1 amide bonds. The van der Waals surface area contributed by atoms with Crippen LogP contribution in [0.2, 0.25) is 10.0 Å². The fourth-order valence-electron chi connectivity index (χ4n) is 2.13. The van der Waals surface area contributed by atoms with E-state index in [0.29, 0.717) is 16.6 Å². The predicted molar refractivity (Wildman–Crippen MR) is 88.9 cm³/mol. The monoisotopic (exact) mass is 337 g/mol. The molecule has 22 heavy (non-hydrogen) atoms. The summed E-state index contributed by atoms with van der Waals surface area (Å²) in [6, 6.07) is 9.35. The Balaban J connectivity index is 1.87. The number of aryl methyl sites for hydroxylation is 1. The van der Waals surface area contributed by atoms with Crippen molar-refractivity contribution in [1.82, 2.24) is 5.32 Å². The van der Waals surface area contributed by atoms with Gasteiger partial charge in [0, 0.05) is 28.7 Å². The first-order valence-corrected chi connectivity index (χ1v) is 8.02. The number of pyridine rings is 1. The molecule has 2 aromatic rings. The van der Waals surface area contributed by atoms with Crippen LogP contribution in [0, 0.1) is 0 Å². The average molecular weight is 338 g/mol. The first-order valence-electron chi connectivity index (χ1n) is 7.27. The van der Waals surface area contributed by atoms with Gasteiger partial charge >= 0.3 is 0 Å². The number of hydrogen-bond acceptors (Lipinski definition) is 1. The summed E-state index contributed by atoms with van der Waals surface area (Å²) < 4.78 is 1.86. The predicted octanol–water partition coefficient (Wildman–Crippen LogP) is 3.55. The van der Waals surface area contributed by atoms with Gasteiger partial charge in [-0.05, 0) is 29.7 Å². The number of hydrogen-bond donors (Lipinski definition) is 1. The van der Waals surface area contributed by atoms with Crippen molar-refractivity contribution in [1.29, 1.82) is 0 Å². The number of nitrogens with zero attached hydrogens (tertiary/aromatic N) is 1. The van der Waals surface area contributed by atoms with Crippen LogP contribution in [-0.4, -0.2) is 5.91 Å². The van der Waals surface area contributed by atoms with Gasteiger partial charge in [-0.25, -0.2) is 0 Å². The van der Waals surface area contributed by atoms with Crippen LogP contribution in [0.25, 0.3) is 0 Å². The highest BCUT2D eigenvalue weighted by molar-refractivity contribution is 6.35. The van der Waals surface area contributed by atoms with Gasteiger partial charge in [0.2, 0.25) is 6.54 Å². The summed E-state index contributed by atoms with van der Waals surface area (Å²) in [7, 11) is 0. The van der Waals surface area contributed by atoms with Gasteiger partial charge < -0.3 is 5.32 Å². The standard InChI is InChI=1S/C17H18Cl2N2O/c1-2-3-13-6-8-21(9-7-13)12-17(22)20-11-14-4-5-15(18)10-16(14)19/h4-10H,2-3,11-12H2,1H3/p+1. The first-order chi connectivity index (χ1) is 10.6. The second kappa shape index (κ2) is 8.16. The molecule has 2 rings (SSSR count). The molecular formula is C17H19Cl2N2O+. The molecule has 1 aromatic carbocycles. The van der Waals surface area contributed by atoms with Gasteiger partial charge in [-0.15, -0.1) is 0 Å². The highest BCUT2D eigenvalue weighted by Gasteiger charge is 2.10. The maximum Gasteiger partial charge on any atom is 0.286 e. The van der Waals surface area contributed by atoms with Crippen molar-refractivity contribution >= 4 is 29.1 Å². The Morgan fingerprint density at radius 3 is 2.55 bits per heavy atom. The molecule has 0 saturated carbocycles. The lowest BCUT2D eigenvalue weighted by atomic mass is 10.1. The summed E-state index contributed by atoms with van der Waals surface area (Å²) in [6.45, 7) is 2.83. The fourth-order valence-corrected chi connectivity index (χ4v) is 2.60. The normalized spacial score (nSPS) is 10.5. The molecule has 1 heterocycles. The number of carbonyl (C=O) groups excluding carboxylic acids is 1. The van der Waals surface area contributed by atoms with Crippen LogP contribution >= 0.6 is 23.2 Å². The molecule has 0 fully saturated rings. The number of halogens is 2. The molecule has 1 aromatic heterocycles. The van der Waals surface area contributed by atoms with Gasteiger partial charge in [0.1, 0.15) is 0 Å². The zero-order valence-electron chi connectivity index (χ0n) is 12.5.